The van der Waals surface area contributed by atoms with Crippen LogP contribution in [0, 0.1) is 18.3 Å². The molecule has 0 N–H and O–H groups in total. The zero-order valence-electron chi connectivity index (χ0n) is 11.4. The third kappa shape index (κ3) is 3.52. The molecule has 0 aliphatic heterocycles. The van der Waals surface area contributed by atoms with Crippen LogP contribution in [0.25, 0.3) is 0 Å². The molecule has 1 atom stereocenters. The van der Waals surface area contributed by atoms with Crippen molar-refractivity contribution in [2.75, 3.05) is 0 Å². The van der Waals surface area contributed by atoms with Crippen LogP contribution in [-0.2, 0) is 11.2 Å². The van der Waals surface area contributed by atoms with Gasteiger partial charge in [0.15, 0.2) is 5.78 Å². The first-order valence-electron chi connectivity index (χ1n) is 6.58. The molecule has 3 nitrogen and oxygen atoms in total. The minimum absolute atomic E-state index is 0.0423. The second kappa shape index (κ2) is 6.63. The van der Waals surface area contributed by atoms with Gasteiger partial charge in [-0.3, -0.25) is 9.78 Å². The van der Waals surface area contributed by atoms with Crippen LogP contribution < -0.4 is 0 Å². The Morgan fingerprint density at radius 2 is 1.85 bits per heavy atom. The quantitative estimate of drug-likeness (QED) is 0.833. The predicted molar refractivity (Wildman–Crippen MR) is 77.1 cm³/mol. The smallest absolute Gasteiger partial charge is 0.154 e. The highest BCUT2D eigenvalue weighted by atomic mass is 16.1. The summed E-state index contributed by atoms with van der Waals surface area (Å²) in [6.45, 7) is 2.03. The van der Waals surface area contributed by atoms with Gasteiger partial charge in [-0.1, -0.05) is 29.8 Å². The van der Waals surface area contributed by atoms with E-state index in [9.17, 15) is 10.1 Å². The molecule has 1 heterocycles. The lowest BCUT2D eigenvalue weighted by molar-refractivity contribution is -0.119. The third-order valence-corrected chi connectivity index (χ3v) is 3.27. The number of carbonyl (C=O) groups is 1. The van der Waals surface area contributed by atoms with Crippen molar-refractivity contribution in [3.63, 3.8) is 0 Å². The molecule has 0 saturated carbocycles. The van der Waals surface area contributed by atoms with Crippen molar-refractivity contribution in [2.45, 2.75) is 25.7 Å². The van der Waals surface area contributed by atoms with Gasteiger partial charge in [-0.15, -0.1) is 0 Å². The lowest BCUT2D eigenvalue weighted by Crippen LogP contribution is -2.11. The van der Waals surface area contributed by atoms with Crippen LogP contribution in [0.3, 0.4) is 0 Å². The Morgan fingerprint density at radius 1 is 1.20 bits per heavy atom. The minimum atomic E-state index is -0.691. The van der Waals surface area contributed by atoms with Gasteiger partial charge >= 0.3 is 0 Å². The highest BCUT2D eigenvalue weighted by molar-refractivity contribution is 5.88. The topological polar surface area (TPSA) is 53.8 Å². The van der Waals surface area contributed by atoms with Crippen molar-refractivity contribution in [3.8, 4) is 6.07 Å². The van der Waals surface area contributed by atoms with Gasteiger partial charge in [0.2, 0.25) is 0 Å². The number of aromatic nitrogens is 1. The summed E-state index contributed by atoms with van der Waals surface area (Å²) in [6, 6.07) is 13.6. The molecule has 1 aromatic heterocycles. The fraction of sp³-hybridized carbons (Fsp3) is 0.235. The van der Waals surface area contributed by atoms with E-state index in [1.54, 1.807) is 24.5 Å². The van der Waals surface area contributed by atoms with E-state index in [0.717, 1.165) is 11.1 Å². The second-order valence-electron chi connectivity index (χ2n) is 4.79. The van der Waals surface area contributed by atoms with E-state index in [-0.39, 0.29) is 5.78 Å². The maximum Gasteiger partial charge on any atom is 0.154 e. The molecular formula is C17H16N2O. The fourth-order valence-corrected chi connectivity index (χ4v) is 2.05. The van der Waals surface area contributed by atoms with Gasteiger partial charge in [0.05, 0.1) is 6.07 Å². The van der Waals surface area contributed by atoms with Gasteiger partial charge in [-0.2, -0.15) is 5.26 Å². The van der Waals surface area contributed by atoms with Crippen molar-refractivity contribution in [3.05, 3.63) is 65.5 Å². The summed E-state index contributed by atoms with van der Waals surface area (Å²) in [7, 11) is 0. The normalized spacial score (nSPS) is 11.6. The second-order valence-corrected chi connectivity index (χ2v) is 4.79. The van der Waals surface area contributed by atoms with Crippen LogP contribution >= 0.6 is 0 Å². The largest absolute Gasteiger partial charge is 0.298 e. The van der Waals surface area contributed by atoms with E-state index in [1.807, 2.05) is 31.2 Å². The van der Waals surface area contributed by atoms with E-state index in [0.29, 0.717) is 12.8 Å². The molecule has 0 aliphatic rings. The first kappa shape index (κ1) is 14.0. The number of carbonyl (C=O) groups excluding carboxylic acids is 1. The monoisotopic (exact) mass is 264 g/mol. The number of pyridine rings is 1. The molecule has 20 heavy (non-hydrogen) atoms. The number of hydrogen-bond acceptors (Lipinski definition) is 3. The first-order chi connectivity index (χ1) is 9.70. The van der Waals surface area contributed by atoms with E-state index in [4.69, 9.17) is 0 Å². The Hall–Kier alpha value is -2.47. The summed E-state index contributed by atoms with van der Waals surface area (Å²) in [5.41, 5.74) is 3.04. The Morgan fingerprint density at radius 3 is 2.45 bits per heavy atom. The first-order valence-corrected chi connectivity index (χ1v) is 6.58. The number of aryl methyl sites for hydroxylation is 2. The summed E-state index contributed by atoms with van der Waals surface area (Å²) in [5.74, 6) is -0.734. The SMILES string of the molecule is Cc1ccc(CCC(=O)C(C#N)c2ccncc2)cc1. The van der Waals surface area contributed by atoms with Crippen molar-refractivity contribution in [2.24, 2.45) is 0 Å². The van der Waals surface area contributed by atoms with Gasteiger partial charge in [0.1, 0.15) is 5.92 Å². The summed E-state index contributed by atoms with van der Waals surface area (Å²) < 4.78 is 0. The summed E-state index contributed by atoms with van der Waals surface area (Å²) in [6.07, 6.45) is 4.26. The Balaban J connectivity index is 2.00. The Kier molecular flexibility index (Phi) is 4.62. The molecule has 0 saturated heterocycles. The Bertz CT molecular complexity index is 612. The summed E-state index contributed by atoms with van der Waals surface area (Å²) in [4.78, 5) is 16.1. The molecule has 0 bridgehead atoms. The van der Waals surface area contributed by atoms with Gasteiger partial charge in [0, 0.05) is 18.8 Å². The molecule has 0 spiro atoms. The molecule has 100 valence electrons. The van der Waals surface area contributed by atoms with Crippen LogP contribution in [0.5, 0.6) is 0 Å². The molecule has 0 amide bonds. The average molecular weight is 264 g/mol. The third-order valence-electron chi connectivity index (χ3n) is 3.27. The van der Waals surface area contributed by atoms with Gasteiger partial charge in [-0.25, -0.2) is 0 Å². The minimum Gasteiger partial charge on any atom is -0.298 e. The zero-order valence-corrected chi connectivity index (χ0v) is 11.4. The number of Topliss-reactive ketones (excluding diaryl/α,β-unsaturated/α-hetero) is 1. The van der Waals surface area contributed by atoms with Crippen LogP contribution in [0.1, 0.15) is 29.0 Å². The maximum atomic E-state index is 12.2. The highest BCUT2D eigenvalue weighted by Crippen LogP contribution is 2.18. The number of rotatable bonds is 5. The van der Waals surface area contributed by atoms with Gasteiger partial charge in [0.25, 0.3) is 0 Å². The molecule has 1 unspecified atom stereocenters. The molecule has 0 aliphatic carbocycles. The van der Waals surface area contributed by atoms with E-state index in [1.165, 1.54) is 5.56 Å². The van der Waals surface area contributed by atoms with Crippen molar-refractivity contribution in [1.29, 1.82) is 5.26 Å². The molecule has 1 aromatic carbocycles. The number of nitriles is 1. The van der Waals surface area contributed by atoms with Crippen LogP contribution in [-0.4, -0.2) is 10.8 Å². The standard InChI is InChI=1S/C17H16N2O/c1-13-2-4-14(5-3-13)6-7-17(20)16(12-18)15-8-10-19-11-9-15/h2-5,8-11,16H,6-7H2,1H3. The summed E-state index contributed by atoms with van der Waals surface area (Å²) in [5, 5.41) is 9.19. The lowest BCUT2D eigenvalue weighted by atomic mass is 9.93. The number of benzene rings is 1. The molecule has 2 rings (SSSR count). The zero-order chi connectivity index (χ0) is 14.4. The van der Waals surface area contributed by atoms with Crippen molar-refractivity contribution < 1.29 is 4.79 Å². The van der Waals surface area contributed by atoms with Crippen LogP contribution in [0.2, 0.25) is 0 Å². The number of nitrogens with zero attached hydrogens (tertiary/aromatic N) is 2. The Labute approximate surface area is 118 Å². The van der Waals surface area contributed by atoms with Crippen molar-refractivity contribution >= 4 is 5.78 Å². The number of hydrogen-bond donors (Lipinski definition) is 0. The summed E-state index contributed by atoms with van der Waals surface area (Å²) >= 11 is 0. The van der Waals surface area contributed by atoms with Gasteiger partial charge in [-0.05, 0) is 36.6 Å². The fourth-order valence-electron chi connectivity index (χ4n) is 2.05. The van der Waals surface area contributed by atoms with Gasteiger partial charge < -0.3 is 0 Å². The molecular weight excluding hydrogens is 248 g/mol. The predicted octanol–water partition coefficient (Wildman–Crippen LogP) is 3.20. The van der Waals surface area contributed by atoms with Crippen molar-refractivity contribution in [1.82, 2.24) is 4.98 Å². The molecule has 3 heteroatoms. The average Bonchev–Trinajstić information content (AvgIpc) is 2.48. The molecule has 0 fully saturated rings. The highest BCUT2D eigenvalue weighted by Gasteiger charge is 2.19. The van der Waals surface area contributed by atoms with Crippen LogP contribution in [0.15, 0.2) is 48.8 Å². The van der Waals surface area contributed by atoms with E-state index in [2.05, 4.69) is 11.1 Å². The van der Waals surface area contributed by atoms with E-state index < -0.39 is 5.92 Å². The molecule has 0 radical (unpaired) electrons. The van der Waals surface area contributed by atoms with E-state index >= 15 is 0 Å². The molecule has 2 aromatic rings. The number of ketones is 1. The lowest BCUT2D eigenvalue weighted by Gasteiger charge is -2.08. The van der Waals surface area contributed by atoms with Crippen LogP contribution in [0.4, 0.5) is 0 Å². The maximum absolute atomic E-state index is 12.2.